The lowest BCUT2D eigenvalue weighted by Crippen LogP contribution is -2.24. The van der Waals surface area contributed by atoms with Gasteiger partial charge in [-0.25, -0.2) is 17.8 Å². The van der Waals surface area contributed by atoms with E-state index in [-0.39, 0.29) is 5.82 Å². The fourth-order valence-electron chi connectivity index (χ4n) is 2.97. The van der Waals surface area contributed by atoms with Crippen molar-refractivity contribution in [3.8, 4) is 11.5 Å². The lowest BCUT2D eigenvalue weighted by Gasteiger charge is -2.22. The monoisotopic (exact) mass is 420 g/mol. The Morgan fingerprint density at radius 1 is 1.14 bits per heavy atom. The van der Waals surface area contributed by atoms with Gasteiger partial charge in [-0.05, 0) is 25.0 Å². The van der Waals surface area contributed by atoms with Gasteiger partial charge < -0.3 is 14.7 Å². The molecule has 1 fully saturated rings. The average Bonchev–Trinajstić information content (AvgIpc) is 3.17. The Bertz CT molecular complexity index is 1000. The van der Waals surface area contributed by atoms with Gasteiger partial charge in [0.15, 0.2) is 17.3 Å². The van der Waals surface area contributed by atoms with E-state index in [9.17, 15) is 31.1 Å². The highest BCUT2D eigenvalue weighted by Crippen LogP contribution is 2.39. The molecule has 152 valence electrons. The van der Waals surface area contributed by atoms with Gasteiger partial charge >= 0.3 is 6.18 Å². The number of halogens is 4. The van der Waals surface area contributed by atoms with Crippen LogP contribution >= 0.6 is 0 Å². The third kappa shape index (κ3) is 3.58. The Morgan fingerprint density at radius 3 is 2.36 bits per heavy atom. The number of sulfone groups is 1. The van der Waals surface area contributed by atoms with Crippen LogP contribution < -0.4 is 9.64 Å². The molecule has 3 rings (SSSR count). The van der Waals surface area contributed by atoms with Crippen molar-refractivity contribution in [1.29, 1.82) is 0 Å². The molecule has 1 aromatic heterocycles. The zero-order valence-electron chi connectivity index (χ0n) is 14.6. The van der Waals surface area contributed by atoms with Gasteiger partial charge in [-0.15, -0.1) is 0 Å². The molecule has 1 aromatic carbocycles. The molecule has 0 bridgehead atoms. The second-order valence-electron chi connectivity index (χ2n) is 6.19. The summed E-state index contributed by atoms with van der Waals surface area (Å²) < 4.78 is 84.6. The maximum atomic E-state index is 13.8. The molecule has 2 heterocycles. The molecular formula is C17H16F4N2O4S. The van der Waals surface area contributed by atoms with Crippen LogP contribution in [0, 0.1) is 5.82 Å². The van der Waals surface area contributed by atoms with Gasteiger partial charge in [0, 0.05) is 25.4 Å². The van der Waals surface area contributed by atoms with E-state index in [0.717, 1.165) is 19.4 Å². The minimum Gasteiger partial charge on any atom is -0.502 e. The molecule has 0 spiro atoms. The van der Waals surface area contributed by atoms with Crippen molar-refractivity contribution in [3.63, 3.8) is 0 Å². The van der Waals surface area contributed by atoms with Gasteiger partial charge in [0.05, 0.1) is 22.5 Å². The summed E-state index contributed by atoms with van der Waals surface area (Å²) in [5.41, 5.74) is -1.18. The van der Waals surface area contributed by atoms with Crippen LogP contribution in [0.4, 0.5) is 23.4 Å². The van der Waals surface area contributed by atoms with Crippen molar-refractivity contribution >= 4 is 15.7 Å². The second-order valence-corrected chi connectivity index (χ2v) is 8.14. The Kier molecular flexibility index (Phi) is 5.13. The zero-order chi connectivity index (χ0) is 20.7. The number of nitrogens with zero attached hydrogens (tertiary/aromatic N) is 2. The Morgan fingerprint density at radius 2 is 1.79 bits per heavy atom. The third-order valence-corrected chi connectivity index (χ3v) is 6.10. The van der Waals surface area contributed by atoms with E-state index in [1.165, 1.54) is 4.90 Å². The first-order valence-electron chi connectivity index (χ1n) is 8.19. The predicted molar refractivity (Wildman–Crippen MR) is 90.8 cm³/mol. The number of phenolic OH excluding ortho intramolecular Hbond substituents is 1. The van der Waals surface area contributed by atoms with E-state index in [4.69, 9.17) is 4.74 Å². The lowest BCUT2D eigenvalue weighted by atomic mass is 10.2. The third-order valence-electron chi connectivity index (χ3n) is 4.40. The number of pyridine rings is 1. The van der Waals surface area contributed by atoms with Gasteiger partial charge in [-0.3, -0.25) is 0 Å². The maximum absolute atomic E-state index is 13.8. The van der Waals surface area contributed by atoms with Crippen molar-refractivity contribution in [2.24, 2.45) is 0 Å². The van der Waals surface area contributed by atoms with E-state index in [0.29, 0.717) is 38.1 Å². The van der Waals surface area contributed by atoms with E-state index in [1.54, 1.807) is 0 Å². The second kappa shape index (κ2) is 7.12. The van der Waals surface area contributed by atoms with Crippen molar-refractivity contribution in [1.82, 2.24) is 4.98 Å². The molecular weight excluding hydrogens is 404 g/mol. The highest BCUT2D eigenvalue weighted by atomic mass is 32.2. The highest BCUT2D eigenvalue weighted by Gasteiger charge is 2.38. The summed E-state index contributed by atoms with van der Waals surface area (Å²) in [6.07, 6.45) is -2.58. The minimum atomic E-state index is -4.83. The molecule has 11 heteroatoms. The van der Waals surface area contributed by atoms with Crippen molar-refractivity contribution in [2.45, 2.75) is 28.8 Å². The van der Waals surface area contributed by atoms with Gasteiger partial charge in [-0.2, -0.15) is 13.2 Å². The number of hydrogen-bond donors (Lipinski definition) is 1. The average molecular weight is 420 g/mol. The smallest absolute Gasteiger partial charge is 0.419 e. The van der Waals surface area contributed by atoms with Crippen molar-refractivity contribution in [2.75, 3.05) is 25.1 Å². The number of phenols is 1. The summed E-state index contributed by atoms with van der Waals surface area (Å²) in [6, 6.07) is 1.83. The Balaban J connectivity index is 2.14. The molecule has 1 aliphatic heterocycles. The standard InChI is InChI=1S/C17H16F4N2O4S/c1-27-14-8-10(7-13(18)15(14)24)28(25,26)11-6-12(17(19,20)21)16(22-9-11)23-4-2-3-5-23/h6-9,24H,2-5H2,1H3. The van der Waals surface area contributed by atoms with Gasteiger partial charge in [0.25, 0.3) is 0 Å². The fraction of sp³-hybridized carbons (Fsp3) is 0.353. The number of ether oxygens (including phenoxy) is 1. The van der Waals surface area contributed by atoms with Crippen LogP contribution in [-0.2, 0) is 16.0 Å². The van der Waals surface area contributed by atoms with Gasteiger partial charge in [-0.1, -0.05) is 0 Å². The summed E-state index contributed by atoms with van der Waals surface area (Å²) in [7, 11) is -3.46. The number of anilines is 1. The van der Waals surface area contributed by atoms with E-state index < -0.39 is 48.7 Å². The topological polar surface area (TPSA) is 79.7 Å². The van der Waals surface area contributed by atoms with Crippen LogP contribution in [0.25, 0.3) is 0 Å². The molecule has 1 saturated heterocycles. The molecule has 28 heavy (non-hydrogen) atoms. The Labute approximate surface area is 158 Å². The summed E-state index contributed by atoms with van der Waals surface area (Å²) in [6.45, 7) is 0.783. The summed E-state index contributed by atoms with van der Waals surface area (Å²) >= 11 is 0. The largest absolute Gasteiger partial charge is 0.502 e. The molecule has 0 atom stereocenters. The van der Waals surface area contributed by atoms with Crippen molar-refractivity contribution in [3.05, 3.63) is 35.8 Å². The molecule has 0 radical (unpaired) electrons. The number of hydrogen-bond acceptors (Lipinski definition) is 6. The normalized spacial score (nSPS) is 15.1. The number of aromatic hydroxyl groups is 1. The fourth-order valence-corrected chi connectivity index (χ4v) is 4.23. The van der Waals surface area contributed by atoms with Crippen LogP contribution in [-0.4, -0.2) is 38.7 Å². The molecule has 0 saturated carbocycles. The number of benzene rings is 1. The van der Waals surface area contributed by atoms with E-state index in [2.05, 4.69) is 4.98 Å². The molecule has 0 aliphatic carbocycles. The van der Waals surface area contributed by atoms with Crippen LogP contribution in [0.1, 0.15) is 18.4 Å². The molecule has 1 aliphatic rings. The first-order chi connectivity index (χ1) is 13.1. The first kappa shape index (κ1) is 20.2. The van der Waals surface area contributed by atoms with Crippen LogP contribution in [0.2, 0.25) is 0 Å². The van der Waals surface area contributed by atoms with E-state index in [1.807, 2.05) is 0 Å². The van der Waals surface area contributed by atoms with Gasteiger partial charge in [0.2, 0.25) is 9.84 Å². The lowest BCUT2D eigenvalue weighted by molar-refractivity contribution is -0.137. The predicted octanol–water partition coefficient (Wildman–Crippen LogP) is 3.39. The van der Waals surface area contributed by atoms with Crippen molar-refractivity contribution < 1.29 is 35.8 Å². The van der Waals surface area contributed by atoms with E-state index >= 15 is 0 Å². The number of rotatable bonds is 4. The van der Waals surface area contributed by atoms with Crippen LogP contribution in [0.5, 0.6) is 11.5 Å². The van der Waals surface area contributed by atoms with Gasteiger partial charge in [0.1, 0.15) is 5.82 Å². The molecule has 2 aromatic rings. The number of methoxy groups -OCH3 is 1. The van der Waals surface area contributed by atoms with Crippen LogP contribution in [0.15, 0.2) is 34.2 Å². The van der Waals surface area contributed by atoms with Crippen LogP contribution in [0.3, 0.4) is 0 Å². The number of alkyl halides is 3. The Hall–Kier alpha value is -2.56. The first-order valence-corrected chi connectivity index (χ1v) is 9.68. The number of aromatic nitrogens is 1. The molecule has 0 unspecified atom stereocenters. The molecule has 1 N–H and O–H groups in total. The SMILES string of the molecule is COc1cc(S(=O)(=O)c2cnc(N3CCCC3)c(C(F)(F)F)c2)cc(F)c1O. The maximum Gasteiger partial charge on any atom is 0.419 e. The minimum absolute atomic E-state index is 0.335. The summed E-state index contributed by atoms with van der Waals surface area (Å²) in [4.78, 5) is 3.80. The highest BCUT2D eigenvalue weighted by molar-refractivity contribution is 7.91. The quantitative estimate of drug-likeness (QED) is 0.764. The summed E-state index contributed by atoms with van der Waals surface area (Å²) in [5.74, 6) is -2.98. The zero-order valence-corrected chi connectivity index (χ0v) is 15.4. The molecule has 6 nitrogen and oxygen atoms in total. The molecule has 0 amide bonds. The summed E-state index contributed by atoms with van der Waals surface area (Å²) in [5, 5.41) is 9.51.